The average molecular weight is 359 g/mol. The first-order chi connectivity index (χ1) is 12.4. The third-order valence-corrected chi connectivity index (χ3v) is 3.89. The molecule has 1 aromatic rings. The number of ether oxygens (including phenoxy) is 1. The van der Waals surface area contributed by atoms with Gasteiger partial charge in [0.25, 0.3) is 0 Å². The summed E-state index contributed by atoms with van der Waals surface area (Å²) in [4.78, 5) is 54.9. The first-order valence-electron chi connectivity index (χ1n) is 8.42. The molecular formula is C18H21N3O5. The van der Waals surface area contributed by atoms with Crippen LogP contribution in [0.2, 0.25) is 0 Å². The highest BCUT2D eigenvalue weighted by atomic mass is 16.5. The third-order valence-electron chi connectivity index (χ3n) is 3.89. The Hall–Kier alpha value is -3.03. The number of hydrogen-bond acceptors (Lipinski definition) is 6. The number of rotatable bonds is 6. The number of benzene rings is 1. The van der Waals surface area contributed by atoms with Gasteiger partial charge in [-0.1, -0.05) is 6.07 Å². The Balaban J connectivity index is 2.27. The van der Waals surface area contributed by atoms with Crippen molar-refractivity contribution in [2.75, 3.05) is 19.7 Å². The molecule has 0 spiro atoms. The fourth-order valence-corrected chi connectivity index (χ4v) is 2.57. The van der Waals surface area contributed by atoms with Crippen molar-refractivity contribution in [2.24, 2.45) is 10.9 Å². The van der Waals surface area contributed by atoms with Crippen LogP contribution in [0.1, 0.15) is 31.1 Å². The van der Waals surface area contributed by atoms with Gasteiger partial charge in [0.1, 0.15) is 0 Å². The van der Waals surface area contributed by atoms with Gasteiger partial charge in [-0.15, -0.1) is 0 Å². The lowest BCUT2D eigenvalue weighted by molar-refractivity contribution is -0.145. The molecule has 0 aromatic heterocycles. The number of nitrogens with zero attached hydrogens (tertiary/aromatic N) is 3. The van der Waals surface area contributed by atoms with E-state index in [4.69, 9.17) is 4.74 Å². The molecule has 138 valence electrons. The van der Waals surface area contributed by atoms with E-state index in [-0.39, 0.29) is 19.7 Å². The summed E-state index contributed by atoms with van der Waals surface area (Å²) in [5.74, 6) is -2.84. The number of barbiturate groups is 1. The zero-order chi connectivity index (χ0) is 19.3. The summed E-state index contributed by atoms with van der Waals surface area (Å²) in [6.45, 7) is 5.63. The smallest absolute Gasteiger partial charge is 0.338 e. The van der Waals surface area contributed by atoms with E-state index >= 15 is 0 Å². The van der Waals surface area contributed by atoms with Gasteiger partial charge in [0.05, 0.1) is 17.9 Å². The van der Waals surface area contributed by atoms with E-state index in [9.17, 15) is 19.2 Å². The maximum Gasteiger partial charge on any atom is 0.338 e. The van der Waals surface area contributed by atoms with E-state index in [2.05, 4.69) is 4.99 Å². The second-order valence-corrected chi connectivity index (χ2v) is 5.47. The van der Waals surface area contributed by atoms with Gasteiger partial charge in [-0.3, -0.25) is 24.4 Å². The Kier molecular flexibility index (Phi) is 6.21. The molecule has 1 aliphatic rings. The van der Waals surface area contributed by atoms with Gasteiger partial charge in [0, 0.05) is 19.3 Å². The van der Waals surface area contributed by atoms with E-state index in [0.29, 0.717) is 11.3 Å². The van der Waals surface area contributed by atoms with Crippen molar-refractivity contribution in [1.82, 2.24) is 9.80 Å². The minimum absolute atomic E-state index is 0.171. The van der Waals surface area contributed by atoms with Crippen LogP contribution in [0.4, 0.5) is 10.5 Å². The fraction of sp³-hybridized carbons (Fsp3) is 0.389. The minimum Gasteiger partial charge on any atom is -0.462 e. The van der Waals surface area contributed by atoms with Crippen LogP contribution in [0.5, 0.6) is 0 Å². The Labute approximate surface area is 151 Å². The lowest BCUT2D eigenvalue weighted by Crippen LogP contribution is -2.59. The Morgan fingerprint density at radius 2 is 1.73 bits per heavy atom. The minimum atomic E-state index is -1.17. The molecule has 0 bridgehead atoms. The molecule has 26 heavy (non-hydrogen) atoms. The maximum absolute atomic E-state index is 12.4. The molecule has 0 aliphatic carbocycles. The second kappa shape index (κ2) is 8.37. The van der Waals surface area contributed by atoms with E-state index in [1.54, 1.807) is 39.0 Å². The van der Waals surface area contributed by atoms with Gasteiger partial charge in [-0.05, 0) is 39.0 Å². The summed E-state index contributed by atoms with van der Waals surface area (Å²) in [6.07, 6.45) is 1.21. The summed E-state index contributed by atoms with van der Waals surface area (Å²) in [7, 11) is 0. The first kappa shape index (κ1) is 19.3. The molecule has 8 nitrogen and oxygen atoms in total. The van der Waals surface area contributed by atoms with Crippen LogP contribution in [-0.4, -0.2) is 59.5 Å². The molecular weight excluding hydrogens is 338 g/mol. The second-order valence-electron chi connectivity index (χ2n) is 5.47. The average Bonchev–Trinajstić information content (AvgIpc) is 2.63. The summed E-state index contributed by atoms with van der Waals surface area (Å²) >= 11 is 0. The lowest BCUT2D eigenvalue weighted by atomic mass is 10.0. The van der Waals surface area contributed by atoms with Crippen LogP contribution in [0, 0.1) is 5.92 Å². The topological polar surface area (TPSA) is 96.3 Å². The summed E-state index contributed by atoms with van der Waals surface area (Å²) < 4.78 is 4.93. The SMILES string of the molecule is CCOC(=O)c1cccc(N=CC2C(=O)N(CC)C(=O)N(CC)C2=O)c1. The van der Waals surface area contributed by atoms with Crippen molar-refractivity contribution in [1.29, 1.82) is 0 Å². The molecule has 0 saturated carbocycles. The quantitative estimate of drug-likeness (QED) is 0.440. The molecule has 1 saturated heterocycles. The van der Waals surface area contributed by atoms with Crippen LogP contribution >= 0.6 is 0 Å². The third kappa shape index (κ3) is 3.79. The van der Waals surface area contributed by atoms with Crippen LogP contribution in [0.15, 0.2) is 29.3 Å². The number of aliphatic imine (C=N–C) groups is 1. The number of carbonyl (C=O) groups is 4. The molecule has 0 atom stereocenters. The van der Waals surface area contributed by atoms with Crippen molar-refractivity contribution in [3.8, 4) is 0 Å². The van der Waals surface area contributed by atoms with E-state index in [0.717, 1.165) is 9.80 Å². The Morgan fingerprint density at radius 3 is 2.27 bits per heavy atom. The van der Waals surface area contributed by atoms with Crippen molar-refractivity contribution < 1.29 is 23.9 Å². The zero-order valence-electron chi connectivity index (χ0n) is 15.0. The summed E-state index contributed by atoms with van der Waals surface area (Å²) in [6, 6.07) is 5.75. The molecule has 0 unspecified atom stereocenters. The van der Waals surface area contributed by atoms with Crippen LogP contribution in [0.3, 0.4) is 0 Å². The van der Waals surface area contributed by atoms with Crippen LogP contribution < -0.4 is 0 Å². The van der Waals surface area contributed by atoms with Crippen molar-refractivity contribution in [3.05, 3.63) is 29.8 Å². The van der Waals surface area contributed by atoms with Crippen LogP contribution in [-0.2, 0) is 14.3 Å². The molecule has 1 aromatic carbocycles. The molecule has 1 fully saturated rings. The number of hydrogen-bond donors (Lipinski definition) is 0. The molecule has 1 heterocycles. The highest BCUT2D eigenvalue weighted by molar-refractivity contribution is 6.23. The largest absolute Gasteiger partial charge is 0.462 e. The molecule has 4 amide bonds. The predicted octanol–water partition coefficient (Wildman–Crippen LogP) is 2.01. The van der Waals surface area contributed by atoms with Crippen molar-refractivity contribution in [2.45, 2.75) is 20.8 Å². The molecule has 1 aliphatic heterocycles. The standard InChI is InChI=1S/C18H21N3O5/c1-4-20-15(22)14(16(23)21(5-2)18(20)25)11-19-13-9-7-8-12(10-13)17(24)26-6-3/h7-11,14H,4-6H2,1-3H3. The fourth-order valence-electron chi connectivity index (χ4n) is 2.57. The van der Waals surface area contributed by atoms with Crippen LogP contribution in [0.25, 0.3) is 0 Å². The number of imide groups is 2. The van der Waals surface area contributed by atoms with Crippen molar-refractivity contribution in [3.63, 3.8) is 0 Å². The van der Waals surface area contributed by atoms with Gasteiger partial charge in [0.15, 0.2) is 5.92 Å². The van der Waals surface area contributed by atoms with Gasteiger partial charge >= 0.3 is 12.0 Å². The lowest BCUT2D eigenvalue weighted by Gasteiger charge is -2.34. The monoisotopic (exact) mass is 359 g/mol. The Morgan fingerprint density at radius 1 is 1.12 bits per heavy atom. The van der Waals surface area contributed by atoms with Gasteiger partial charge in [-0.25, -0.2) is 9.59 Å². The van der Waals surface area contributed by atoms with E-state index in [1.807, 2.05) is 0 Å². The molecule has 2 rings (SSSR count). The van der Waals surface area contributed by atoms with Crippen molar-refractivity contribution >= 4 is 35.7 Å². The summed E-state index contributed by atoms with van der Waals surface area (Å²) in [5, 5.41) is 0. The highest BCUT2D eigenvalue weighted by Gasteiger charge is 2.43. The number of amides is 4. The molecule has 0 radical (unpaired) electrons. The first-order valence-corrected chi connectivity index (χ1v) is 8.42. The van der Waals surface area contributed by atoms with Gasteiger partial charge in [-0.2, -0.15) is 0 Å². The van der Waals surface area contributed by atoms with Gasteiger partial charge in [0.2, 0.25) is 11.8 Å². The number of carbonyl (C=O) groups excluding carboxylic acids is 4. The van der Waals surface area contributed by atoms with E-state index in [1.165, 1.54) is 12.3 Å². The summed E-state index contributed by atoms with van der Waals surface area (Å²) in [5.41, 5.74) is 0.725. The predicted molar refractivity (Wildman–Crippen MR) is 94.2 cm³/mol. The normalized spacial score (nSPS) is 15.9. The number of esters is 1. The highest BCUT2D eigenvalue weighted by Crippen LogP contribution is 2.19. The van der Waals surface area contributed by atoms with E-state index < -0.39 is 29.7 Å². The maximum atomic E-state index is 12.4. The van der Waals surface area contributed by atoms with Gasteiger partial charge < -0.3 is 4.74 Å². The molecule has 0 N–H and O–H groups in total. The molecule has 8 heteroatoms. The number of urea groups is 1. The zero-order valence-corrected chi connectivity index (χ0v) is 15.0. The Bertz CT molecular complexity index is 733.